The number of rotatable bonds is 4. The number of nitrogens with two attached hydrogens (primary N) is 1. The summed E-state index contributed by atoms with van der Waals surface area (Å²) in [5, 5.41) is 1.01. The first kappa shape index (κ1) is 14.8. The van der Waals surface area contributed by atoms with Gasteiger partial charge in [0.15, 0.2) is 0 Å². The van der Waals surface area contributed by atoms with Gasteiger partial charge in [0.2, 0.25) is 11.8 Å². The molecule has 0 fully saturated rings. The zero-order valence-corrected chi connectivity index (χ0v) is 12.4. The van der Waals surface area contributed by atoms with Crippen molar-refractivity contribution in [3.05, 3.63) is 45.7 Å². The lowest BCUT2D eigenvalue weighted by atomic mass is 10.0. The Balaban J connectivity index is 2.44. The van der Waals surface area contributed by atoms with Crippen molar-refractivity contribution in [2.75, 3.05) is 14.2 Å². The Morgan fingerprint density at radius 3 is 2.30 bits per heavy atom. The van der Waals surface area contributed by atoms with Crippen molar-refractivity contribution in [3.63, 3.8) is 0 Å². The number of benzene rings is 1. The molecule has 1 atom stereocenters. The maximum Gasteiger partial charge on any atom is 0.240 e. The van der Waals surface area contributed by atoms with E-state index in [4.69, 9.17) is 38.4 Å². The molecule has 1 aromatic heterocycles. The van der Waals surface area contributed by atoms with Crippen LogP contribution in [0.15, 0.2) is 24.4 Å². The highest BCUT2D eigenvalue weighted by atomic mass is 35.5. The quantitative estimate of drug-likeness (QED) is 0.939. The van der Waals surface area contributed by atoms with Crippen LogP contribution in [0.4, 0.5) is 0 Å². The van der Waals surface area contributed by atoms with Crippen LogP contribution in [0.25, 0.3) is 0 Å². The number of hydrogen-bond acceptors (Lipinski definition) is 5. The molecular weight excluding hydrogens is 301 g/mol. The molecule has 0 amide bonds. The van der Waals surface area contributed by atoms with Crippen molar-refractivity contribution >= 4 is 23.2 Å². The first-order valence-electron chi connectivity index (χ1n) is 5.71. The van der Waals surface area contributed by atoms with Crippen LogP contribution in [0.1, 0.15) is 17.3 Å². The molecule has 0 aliphatic rings. The van der Waals surface area contributed by atoms with Crippen LogP contribution in [0.3, 0.4) is 0 Å². The Morgan fingerprint density at radius 2 is 1.75 bits per heavy atom. The lowest BCUT2D eigenvalue weighted by molar-refractivity contribution is 0.355. The first-order valence-corrected chi connectivity index (χ1v) is 6.47. The summed E-state index contributed by atoms with van der Waals surface area (Å²) >= 11 is 12.0. The van der Waals surface area contributed by atoms with Crippen LogP contribution >= 0.6 is 23.2 Å². The maximum absolute atomic E-state index is 6.18. The molecule has 0 aliphatic heterocycles. The van der Waals surface area contributed by atoms with Crippen LogP contribution in [0.5, 0.6) is 11.8 Å². The van der Waals surface area contributed by atoms with Crippen LogP contribution in [0.2, 0.25) is 10.0 Å². The standard InChI is InChI=1S/C13H13Cl2N3O2/c1-19-10-6-17-12(13(18-10)20-2)11(16)7-3-8(14)5-9(15)4-7/h3-6,11H,16H2,1-2H3. The van der Waals surface area contributed by atoms with E-state index >= 15 is 0 Å². The third kappa shape index (κ3) is 3.12. The van der Waals surface area contributed by atoms with E-state index in [0.29, 0.717) is 27.5 Å². The van der Waals surface area contributed by atoms with Gasteiger partial charge in [-0.3, -0.25) is 0 Å². The van der Waals surface area contributed by atoms with Gasteiger partial charge in [-0.15, -0.1) is 0 Å². The predicted octanol–water partition coefficient (Wildman–Crippen LogP) is 2.85. The lowest BCUT2D eigenvalue weighted by Gasteiger charge is -2.15. The van der Waals surface area contributed by atoms with Gasteiger partial charge in [-0.2, -0.15) is 4.98 Å². The molecule has 7 heteroatoms. The van der Waals surface area contributed by atoms with E-state index in [1.54, 1.807) is 18.2 Å². The molecule has 0 radical (unpaired) electrons. The van der Waals surface area contributed by atoms with E-state index in [-0.39, 0.29) is 0 Å². The Bertz CT molecular complexity index is 602. The average Bonchev–Trinajstić information content (AvgIpc) is 2.44. The Morgan fingerprint density at radius 1 is 1.10 bits per heavy atom. The lowest BCUT2D eigenvalue weighted by Crippen LogP contribution is -2.16. The molecule has 106 valence electrons. The van der Waals surface area contributed by atoms with Crippen molar-refractivity contribution in [1.82, 2.24) is 9.97 Å². The van der Waals surface area contributed by atoms with Crippen molar-refractivity contribution in [3.8, 4) is 11.8 Å². The highest BCUT2D eigenvalue weighted by Crippen LogP contribution is 2.29. The molecule has 0 spiro atoms. The largest absolute Gasteiger partial charge is 0.480 e. The maximum atomic E-state index is 6.18. The fourth-order valence-electron chi connectivity index (χ4n) is 1.74. The number of ether oxygens (including phenoxy) is 2. The SMILES string of the molecule is COc1cnc(C(N)c2cc(Cl)cc(Cl)c2)c(OC)n1. The summed E-state index contributed by atoms with van der Waals surface area (Å²) < 4.78 is 10.2. The van der Waals surface area contributed by atoms with E-state index in [1.165, 1.54) is 20.4 Å². The van der Waals surface area contributed by atoms with Gasteiger partial charge >= 0.3 is 0 Å². The second-order valence-corrected chi connectivity index (χ2v) is 4.86. The minimum Gasteiger partial charge on any atom is -0.480 e. The third-order valence-corrected chi connectivity index (χ3v) is 3.12. The molecule has 2 rings (SSSR count). The topological polar surface area (TPSA) is 70.3 Å². The Kier molecular flexibility index (Phi) is 4.65. The highest BCUT2D eigenvalue weighted by Gasteiger charge is 2.19. The van der Waals surface area contributed by atoms with Gasteiger partial charge in [0.1, 0.15) is 5.69 Å². The monoisotopic (exact) mass is 313 g/mol. The summed E-state index contributed by atoms with van der Waals surface area (Å²) in [6.45, 7) is 0. The average molecular weight is 314 g/mol. The molecule has 0 bridgehead atoms. The summed E-state index contributed by atoms with van der Waals surface area (Å²) in [5.74, 6) is 0.648. The summed E-state index contributed by atoms with van der Waals surface area (Å²) in [7, 11) is 2.99. The Labute approximate surface area is 126 Å². The fourth-order valence-corrected chi connectivity index (χ4v) is 2.28. The highest BCUT2D eigenvalue weighted by molar-refractivity contribution is 6.34. The Hall–Kier alpha value is -1.56. The number of aromatic nitrogens is 2. The normalized spacial score (nSPS) is 12.1. The van der Waals surface area contributed by atoms with E-state index in [0.717, 1.165) is 5.56 Å². The summed E-state index contributed by atoms with van der Waals surface area (Å²) in [6.07, 6.45) is 1.48. The van der Waals surface area contributed by atoms with Crippen LogP contribution in [-0.2, 0) is 0 Å². The zero-order valence-electron chi connectivity index (χ0n) is 10.9. The van der Waals surface area contributed by atoms with Gasteiger partial charge in [0.05, 0.1) is 26.5 Å². The number of nitrogens with zero attached hydrogens (tertiary/aromatic N) is 2. The van der Waals surface area contributed by atoms with Gasteiger partial charge in [0, 0.05) is 10.0 Å². The van der Waals surface area contributed by atoms with Crippen LogP contribution < -0.4 is 15.2 Å². The smallest absolute Gasteiger partial charge is 0.240 e. The van der Waals surface area contributed by atoms with Gasteiger partial charge in [-0.25, -0.2) is 4.98 Å². The summed E-state index contributed by atoms with van der Waals surface area (Å²) in [4.78, 5) is 8.38. The second kappa shape index (κ2) is 6.26. The first-order chi connectivity index (χ1) is 9.55. The summed E-state index contributed by atoms with van der Waals surface area (Å²) in [5.41, 5.74) is 7.38. The van der Waals surface area contributed by atoms with E-state index in [2.05, 4.69) is 9.97 Å². The number of methoxy groups -OCH3 is 2. The molecule has 2 aromatic rings. The molecule has 0 aliphatic carbocycles. The molecular formula is C13H13Cl2N3O2. The van der Waals surface area contributed by atoms with Crippen molar-refractivity contribution < 1.29 is 9.47 Å². The molecule has 5 nitrogen and oxygen atoms in total. The van der Waals surface area contributed by atoms with Gasteiger partial charge < -0.3 is 15.2 Å². The van der Waals surface area contributed by atoms with Gasteiger partial charge in [-0.1, -0.05) is 23.2 Å². The zero-order chi connectivity index (χ0) is 14.7. The summed E-state index contributed by atoms with van der Waals surface area (Å²) in [6, 6.07) is 4.53. The predicted molar refractivity (Wildman–Crippen MR) is 77.6 cm³/mol. The minimum atomic E-state index is -0.556. The molecule has 2 N–H and O–H groups in total. The van der Waals surface area contributed by atoms with E-state index < -0.39 is 6.04 Å². The molecule has 1 heterocycles. The van der Waals surface area contributed by atoms with Crippen molar-refractivity contribution in [1.29, 1.82) is 0 Å². The van der Waals surface area contributed by atoms with E-state index in [9.17, 15) is 0 Å². The molecule has 0 saturated carbocycles. The fraction of sp³-hybridized carbons (Fsp3) is 0.231. The molecule has 20 heavy (non-hydrogen) atoms. The van der Waals surface area contributed by atoms with Crippen molar-refractivity contribution in [2.45, 2.75) is 6.04 Å². The van der Waals surface area contributed by atoms with Gasteiger partial charge in [-0.05, 0) is 23.8 Å². The van der Waals surface area contributed by atoms with Crippen LogP contribution in [-0.4, -0.2) is 24.2 Å². The van der Waals surface area contributed by atoms with Crippen molar-refractivity contribution in [2.24, 2.45) is 5.73 Å². The van der Waals surface area contributed by atoms with Gasteiger partial charge in [0.25, 0.3) is 0 Å². The minimum absolute atomic E-state index is 0.299. The number of hydrogen-bond donors (Lipinski definition) is 1. The number of halogens is 2. The second-order valence-electron chi connectivity index (χ2n) is 3.99. The van der Waals surface area contributed by atoms with E-state index in [1.807, 2.05) is 0 Å². The molecule has 0 saturated heterocycles. The molecule has 1 aromatic carbocycles. The van der Waals surface area contributed by atoms with Crippen LogP contribution in [0, 0.1) is 0 Å². The third-order valence-electron chi connectivity index (χ3n) is 2.69. The molecule has 1 unspecified atom stereocenters.